The van der Waals surface area contributed by atoms with Crippen molar-refractivity contribution >= 4 is 11.8 Å². The Morgan fingerprint density at radius 1 is 1.00 bits per heavy atom. The van der Waals surface area contributed by atoms with Gasteiger partial charge in [0.1, 0.15) is 0 Å². The van der Waals surface area contributed by atoms with Crippen LogP contribution in [-0.2, 0) is 9.59 Å². The van der Waals surface area contributed by atoms with E-state index >= 15 is 0 Å². The molecule has 0 bridgehead atoms. The summed E-state index contributed by atoms with van der Waals surface area (Å²) in [6, 6.07) is 0.160. The van der Waals surface area contributed by atoms with Crippen LogP contribution in [0.25, 0.3) is 0 Å². The van der Waals surface area contributed by atoms with Crippen LogP contribution in [0.5, 0.6) is 0 Å². The molecule has 4 rings (SSSR count). The van der Waals surface area contributed by atoms with Gasteiger partial charge in [0.25, 0.3) is 0 Å². The van der Waals surface area contributed by atoms with Crippen molar-refractivity contribution in [2.24, 2.45) is 5.41 Å². The number of nitrogens with zero attached hydrogens (tertiary/aromatic N) is 1. The summed E-state index contributed by atoms with van der Waals surface area (Å²) >= 11 is 0. The van der Waals surface area contributed by atoms with E-state index in [-0.39, 0.29) is 28.8 Å². The van der Waals surface area contributed by atoms with Crippen LogP contribution in [0.4, 0.5) is 0 Å². The fraction of sp³-hybridized carbons (Fsp3) is 0.882. The maximum absolute atomic E-state index is 13.0. The quantitative estimate of drug-likeness (QED) is 0.754. The number of rotatable bonds is 1. The van der Waals surface area contributed by atoms with E-state index in [0.29, 0.717) is 6.42 Å². The topological polar surface area (TPSA) is 49.4 Å². The SMILES string of the molecule is O=C1CC2(CCCCC2)C(=O)N1C1CCNC2(CCC2)C1. The lowest BCUT2D eigenvalue weighted by Gasteiger charge is -2.50. The van der Waals surface area contributed by atoms with Gasteiger partial charge in [0.2, 0.25) is 11.8 Å². The van der Waals surface area contributed by atoms with Gasteiger partial charge in [-0.05, 0) is 51.5 Å². The molecular weight excluding hydrogens is 264 g/mol. The van der Waals surface area contributed by atoms with Crippen LogP contribution < -0.4 is 5.32 Å². The maximum Gasteiger partial charge on any atom is 0.236 e. The molecule has 0 aromatic heterocycles. The van der Waals surface area contributed by atoms with Crippen molar-refractivity contribution in [2.75, 3.05) is 6.54 Å². The second-order valence-corrected chi connectivity index (χ2v) is 7.79. The second kappa shape index (κ2) is 4.80. The number of imide groups is 1. The zero-order chi connectivity index (χ0) is 14.5. The molecule has 4 nitrogen and oxygen atoms in total. The van der Waals surface area contributed by atoms with Gasteiger partial charge in [0, 0.05) is 18.0 Å². The van der Waals surface area contributed by atoms with Gasteiger partial charge >= 0.3 is 0 Å². The molecule has 0 aromatic carbocycles. The number of amides is 2. The number of carbonyl (C=O) groups is 2. The van der Waals surface area contributed by atoms with Crippen molar-refractivity contribution in [3.63, 3.8) is 0 Å². The minimum absolute atomic E-state index is 0.114. The van der Waals surface area contributed by atoms with Crippen molar-refractivity contribution in [3.8, 4) is 0 Å². The molecule has 2 aliphatic carbocycles. The van der Waals surface area contributed by atoms with Gasteiger partial charge in [-0.1, -0.05) is 19.3 Å². The van der Waals surface area contributed by atoms with Crippen LogP contribution in [0.15, 0.2) is 0 Å². The van der Waals surface area contributed by atoms with E-state index in [9.17, 15) is 9.59 Å². The van der Waals surface area contributed by atoms with Gasteiger partial charge in [-0.25, -0.2) is 0 Å². The van der Waals surface area contributed by atoms with Crippen LogP contribution in [0.2, 0.25) is 0 Å². The highest BCUT2D eigenvalue weighted by molar-refractivity contribution is 6.06. The molecule has 1 N–H and O–H groups in total. The molecule has 1 unspecified atom stereocenters. The van der Waals surface area contributed by atoms with Crippen LogP contribution in [0.1, 0.15) is 70.6 Å². The minimum atomic E-state index is -0.313. The van der Waals surface area contributed by atoms with E-state index in [0.717, 1.165) is 45.1 Å². The molecule has 0 aromatic rings. The van der Waals surface area contributed by atoms with Crippen molar-refractivity contribution in [2.45, 2.75) is 82.2 Å². The molecule has 2 saturated carbocycles. The van der Waals surface area contributed by atoms with Crippen molar-refractivity contribution in [3.05, 3.63) is 0 Å². The van der Waals surface area contributed by atoms with Gasteiger partial charge in [-0.3, -0.25) is 14.5 Å². The third-order valence-corrected chi connectivity index (χ3v) is 6.52. The first-order chi connectivity index (χ1) is 10.1. The number of hydrogen-bond acceptors (Lipinski definition) is 3. The number of nitrogens with one attached hydrogen (secondary N) is 1. The highest BCUT2D eigenvalue weighted by Gasteiger charge is 2.55. The summed E-state index contributed by atoms with van der Waals surface area (Å²) in [7, 11) is 0. The Kier molecular flexibility index (Phi) is 3.14. The zero-order valence-electron chi connectivity index (χ0n) is 12.8. The second-order valence-electron chi connectivity index (χ2n) is 7.79. The van der Waals surface area contributed by atoms with Crippen LogP contribution in [-0.4, -0.2) is 34.8 Å². The normalized spacial score (nSPS) is 34.5. The van der Waals surface area contributed by atoms with Crippen LogP contribution >= 0.6 is 0 Å². The lowest BCUT2D eigenvalue weighted by Crippen LogP contribution is -2.60. The Labute approximate surface area is 126 Å². The summed E-state index contributed by atoms with van der Waals surface area (Å²) in [5.41, 5.74) is -0.0707. The fourth-order valence-electron chi connectivity index (χ4n) is 5.14. The van der Waals surface area contributed by atoms with Gasteiger partial charge in [0.05, 0.1) is 5.41 Å². The molecule has 21 heavy (non-hydrogen) atoms. The van der Waals surface area contributed by atoms with E-state index in [1.54, 1.807) is 4.90 Å². The predicted molar refractivity (Wildman–Crippen MR) is 79.6 cm³/mol. The molecule has 116 valence electrons. The standard InChI is InChI=1S/C17H26N2O2/c20-14-12-16(6-2-1-3-7-16)15(21)19(14)13-5-10-18-17(11-13)8-4-9-17/h13,18H,1-12H2. The lowest BCUT2D eigenvalue weighted by atomic mass is 9.70. The summed E-state index contributed by atoms with van der Waals surface area (Å²) < 4.78 is 0. The highest BCUT2D eigenvalue weighted by atomic mass is 16.2. The number of carbonyl (C=O) groups excluding carboxylic acids is 2. The lowest BCUT2D eigenvalue weighted by molar-refractivity contribution is -0.146. The molecule has 2 spiro atoms. The Hall–Kier alpha value is -0.900. The average molecular weight is 290 g/mol. The molecule has 0 radical (unpaired) electrons. The Morgan fingerprint density at radius 3 is 2.43 bits per heavy atom. The molecule has 4 aliphatic rings. The summed E-state index contributed by atoms with van der Waals surface area (Å²) in [6.07, 6.45) is 11.4. The molecule has 2 aliphatic heterocycles. The van der Waals surface area contributed by atoms with Gasteiger partial charge in [-0.2, -0.15) is 0 Å². The minimum Gasteiger partial charge on any atom is -0.311 e. The first kappa shape index (κ1) is 13.7. The Balaban J connectivity index is 1.54. The number of likely N-dealkylation sites (tertiary alicyclic amines) is 1. The molecule has 2 saturated heterocycles. The van der Waals surface area contributed by atoms with E-state index < -0.39 is 0 Å². The number of piperidine rings is 1. The van der Waals surface area contributed by atoms with E-state index in [1.807, 2.05) is 0 Å². The van der Waals surface area contributed by atoms with Gasteiger partial charge in [-0.15, -0.1) is 0 Å². The van der Waals surface area contributed by atoms with E-state index in [2.05, 4.69) is 5.32 Å². The molecule has 4 fully saturated rings. The van der Waals surface area contributed by atoms with Gasteiger partial charge in [0.15, 0.2) is 0 Å². The highest BCUT2D eigenvalue weighted by Crippen LogP contribution is 2.48. The predicted octanol–water partition coefficient (Wildman–Crippen LogP) is 2.37. The Morgan fingerprint density at radius 2 is 1.76 bits per heavy atom. The summed E-state index contributed by atoms with van der Waals surface area (Å²) in [6.45, 7) is 0.953. The van der Waals surface area contributed by atoms with E-state index in [4.69, 9.17) is 0 Å². The average Bonchev–Trinajstić information content (AvgIpc) is 2.69. The molecule has 2 amide bonds. The monoisotopic (exact) mass is 290 g/mol. The molecule has 4 heteroatoms. The maximum atomic E-state index is 13.0. The number of hydrogen-bond donors (Lipinski definition) is 1. The fourth-order valence-corrected chi connectivity index (χ4v) is 5.14. The van der Waals surface area contributed by atoms with Crippen molar-refractivity contribution in [1.29, 1.82) is 0 Å². The van der Waals surface area contributed by atoms with Crippen molar-refractivity contribution < 1.29 is 9.59 Å². The molecule has 1 atom stereocenters. The van der Waals surface area contributed by atoms with Crippen LogP contribution in [0, 0.1) is 5.41 Å². The zero-order valence-corrected chi connectivity index (χ0v) is 12.8. The van der Waals surface area contributed by atoms with Crippen LogP contribution in [0.3, 0.4) is 0 Å². The first-order valence-electron chi connectivity index (χ1n) is 8.76. The molecule has 2 heterocycles. The third kappa shape index (κ3) is 2.06. The molecular formula is C17H26N2O2. The summed E-state index contributed by atoms with van der Waals surface area (Å²) in [5.74, 6) is 0.289. The largest absolute Gasteiger partial charge is 0.311 e. The van der Waals surface area contributed by atoms with Crippen molar-refractivity contribution in [1.82, 2.24) is 10.2 Å². The summed E-state index contributed by atoms with van der Waals surface area (Å²) in [4.78, 5) is 27.3. The van der Waals surface area contributed by atoms with Gasteiger partial charge < -0.3 is 5.32 Å². The smallest absolute Gasteiger partial charge is 0.236 e. The summed E-state index contributed by atoms with van der Waals surface area (Å²) in [5, 5.41) is 3.64. The third-order valence-electron chi connectivity index (χ3n) is 6.52. The van der Waals surface area contributed by atoms with E-state index in [1.165, 1.54) is 25.7 Å². The Bertz CT molecular complexity index is 463. The first-order valence-corrected chi connectivity index (χ1v) is 8.76.